The van der Waals surface area contributed by atoms with Gasteiger partial charge in [-0.2, -0.15) is 0 Å². The number of Topliss-reactive ketones (excluding diaryl/α,β-unsaturated/α-hetero) is 1. The van der Waals surface area contributed by atoms with Crippen LogP contribution in [0.2, 0.25) is 0 Å². The number of ketones is 1. The van der Waals surface area contributed by atoms with Gasteiger partial charge in [0, 0.05) is 36.6 Å². The third-order valence-electron chi connectivity index (χ3n) is 9.40. The minimum absolute atomic E-state index is 0.000670. The Morgan fingerprint density at radius 2 is 2.11 bits per heavy atom. The van der Waals surface area contributed by atoms with Gasteiger partial charge in [-0.1, -0.05) is 19.1 Å². The molecule has 0 amide bonds. The summed E-state index contributed by atoms with van der Waals surface area (Å²) < 4.78 is 7.74. The Hall–Kier alpha value is -1.27. The van der Waals surface area contributed by atoms with E-state index in [9.17, 15) is 9.90 Å². The smallest absolute Gasteiger partial charge is 0.142 e. The van der Waals surface area contributed by atoms with Crippen LogP contribution in [-0.4, -0.2) is 45.2 Å². The highest BCUT2D eigenvalue weighted by molar-refractivity contribution is 5.87. The molecule has 5 rings (SSSR count). The van der Waals surface area contributed by atoms with Crippen molar-refractivity contribution in [2.45, 2.75) is 77.5 Å². The molecule has 4 saturated carbocycles. The Bertz CT molecular complexity index is 767. The molecule has 2 unspecified atom stereocenters. The number of ether oxygens (including phenoxy) is 1. The van der Waals surface area contributed by atoms with Gasteiger partial charge in [0.15, 0.2) is 0 Å². The van der Waals surface area contributed by atoms with Crippen LogP contribution >= 0.6 is 0 Å². The van der Waals surface area contributed by atoms with Crippen LogP contribution in [0.1, 0.15) is 58.8 Å². The number of carbonyl (C=O) groups is 1. The van der Waals surface area contributed by atoms with Crippen molar-refractivity contribution >= 4 is 5.78 Å². The number of hydrogen-bond acceptors (Lipinski definition) is 5. The Labute approximate surface area is 167 Å². The number of aromatic nitrogens is 3. The highest BCUT2D eigenvalue weighted by Gasteiger charge is 2.75. The van der Waals surface area contributed by atoms with E-state index in [1.165, 1.54) is 0 Å². The molecular weight excluding hydrogens is 354 g/mol. The fourth-order valence-corrected chi connectivity index (χ4v) is 7.84. The fourth-order valence-electron chi connectivity index (χ4n) is 7.84. The van der Waals surface area contributed by atoms with Crippen molar-refractivity contribution in [2.24, 2.45) is 34.0 Å². The summed E-state index contributed by atoms with van der Waals surface area (Å²) in [5.41, 5.74) is -0.551. The second kappa shape index (κ2) is 6.11. The molecule has 4 aliphatic rings. The number of carbonyl (C=O) groups excluding carboxylic acids is 1. The Balaban J connectivity index is 1.52. The molecule has 0 aromatic carbocycles. The van der Waals surface area contributed by atoms with Crippen LogP contribution in [-0.2, 0) is 16.1 Å². The van der Waals surface area contributed by atoms with E-state index in [1.54, 1.807) is 10.9 Å². The summed E-state index contributed by atoms with van der Waals surface area (Å²) in [5.74, 6) is 1.29. The Morgan fingerprint density at radius 3 is 2.82 bits per heavy atom. The molecule has 1 aromatic heterocycles. The maximum absolute atomic E-state index is 13.9. The molecule has 6 heteroatoms. The molecule has 0 aliphatic heterocycles. The second-order valence-electron chi connectivity index (χ2n) is 10.4. The van der Waals surface area contributed by atoms with Gasteiger partial charge >= 0.3 is 0 Å². The zero-order chi connectivity index (χ0) is 19.7. The summed E-state index contributed by atoms with van der Waals surface area (Å²) in [4.78, 5) is 13.9. The van der Waals surface area contributed by atoms with Crippen LogP contribution in [0.3, 0.4) is 0 Å². The SMILES string of the molecule is CO[C@@H]1CCC23CC[C@H]4C[C@@]4(C12)[C@H](O)C[C@@](C)(CCn1ccnn1)C(=O)[C@@H]3C. The molecule has 1 heterocycles. The summed E-state index contributed by atoms with van der Waals surface area (Å²) in [6.07, 6.45) is 10.0. The monoisotopic (exact) mass is 387 g/mol. The van der Waals surface area contributed by atoms with Gasteiger partial charge in [-0.3, -0.25) is 9.48 Å². The summed E-state index contributed by atoms with van der Waals surface area (Å²) >= 11 is 0. The number of hydrogen-bond donors (Lipinski definition) is 1. The molecule has 2 bridgehead atoms. The van der Waals surface area contributed by atoms with Crippen LogP contribution in [0.25, 0.3) is 0 Å². The number of nitrogens with zero attached hydrogens (tertiary/aromatic N) is 3. The topological polar surface area (TPSA) is 77.2 Å². The molecule has 1 aromatic rings. The first-order chi connectivity index (χ1) is 13.4. The zero-order valence-corrected chi connectivity index (χ0v) is 17.3. The Kier molecular flexibility index (Phi) is 4.09. The average Bonchev–Trinajstić information content (AvgIpc) is 3.04. The third-order valence-corrected chi connectivity index (χ3v) is 9.40. The van der Waals surface area contributed by atoms with Crippen LogP contribution in [0, 0.1) is 34.0 Å². The van der Waals surface area contributed by atoms with Crippen molar-refractivity contribution in [2.75, 3.05) is 7.11 Å². The fraction of sp³-hybridized carbons (Fsp3) is 0.864. The van der Waals surface area contributed by atoms with Crippen molar-refractivity contribution in [3.8, 4) is 0 Å². The predicted octanol–water partition coefficient (Wildman–Crippen LogP) is 2.86. The van der Waals surface area contributed by atoms with E-state index in [4.69, 9.17) is 4.74 Å². The second-order valence-corrected chi connectivity index (χ2v) is 10.4. The summed E-state index contributed by atoms with van der Waals surface area (Å²) in [6.45, 7) is 4.92. The van der Waals surface area contributed by atoms with Crippen molar-refractivity contribution in [1.29, 1.82) is 0 Å². The maximum atomic E-state index is 13.9. The first-order valence-electron chi connectivity index (χ1n) is 11.0. The van der Waals surface area contributed by atoms with Gasteiger partial charge in [0.2, 0.25) is 0 Å². The van der Waals surface area contributed by atoms with Crippen molar-refractivity contribution < 1.29 is 14.6 Å². The molecule has 4 aliphatic carbocycles. The summed E-state index contributed by atoms with van der Waals surface area (Å²) in [7, 11) is 1.81. The van der Waals surface area contributed by atoms with Gasteiger partial charge in [-0.15, -0.1) is 5.10 Å². The highest BCUT2D eigenvalue weighted by Crippen LogP contribution is 2.77. The standard InChI is InChI=1S/C22H33N3O3/c1-14-19(27)20(2,8-10-25-11-9-23-24-25)13-17(26)22-12-15(22)4-6-21(14)7-5-16(28-3)18(21)22/h9,11,14-18,26H,4-8,10,12-13H2,1-3H3/t14-,15-,16+,17+,18?,20+,21?,22-/m0/s1. The van der Waals surface area contributed by atoms with Gasteiger partial charge < -0.3 is 9.84 Å². The molecule has 154 valence electrons. The van der Waals surface area contributed by atoms with E-state index >= 15 is 0 Å². The third kappa shape index (κ3) is 2.30. The van der Waals surface area contributed by atoms with Gasteiger partial charge in [0.25, 0.3) is 0 Å². The van der Waals surface area contributed by atoms with E-state index in [1.807, 2.05) is 13.3 Å². The lowest BCUT2D eigenvalue weighted by Gasteiger charge is -2.54. The quantitative estimate of drug-likeness (QED) is 0.860. The van der Waals surface area contributed by atoms with Crippen LogP contribution in [0.15, 0.2) is 12.4 Å². The Morgan fingerprint density at radius 1 is 1.32 bits per heavy atom. The van der Waals surface area contributed by atoms with Gasteiger partial charge in [-0.05, 0) is 62.2 Å². The minimum atomic E-state index is -0.522. The highest BCUT2D eigenvalue weighted by atomic mass is 16.5. The van der Waals surface area contributed by atoms with Gasteiger partial charge in [0.05, 0.1) is 18.4 Å². The van der Waals surface area contributed by atoms with Gasteiger partial charge in [0.1, 0.15) is 5.78 Å². The van der Waals surface area contributed by atoms with Crippen molar-refractivity contribution in [3.05, 3.63) is 12.4 Å². The first kappa shape index (κ1) is 18.7. The van der Waals surface area contributed by atoms with E-state index in [2.05, 4.69) is 24.2 Å². The molecule has 6 nitrogen and oxygen atoms in total. The van der Waals surface area contributed by atoms with E-state index in [0.717, 1.165) is 32.1 Å². The largest absolute Gasteiger partial charge is 0.392 e. The van der Waals surface area contributed by atoms with Crippen molar-refractivity contribution in [3.63, 3.8) is 0 Å². The van der Waals surface area contributed by atoms with E-state index in [-0.39, 0.29) is 22.9 Å². The molecule has 4 fully saturated rings. The van der Waals surface area contributed by atoms with Gasteiger partial charge in [-0.25, -0.2) is 0 Å². The minimum Gasteiger partial charge on any atom is -0.392 e. The summed E-state index contributed by atoms with van der Waals surface area (Å²) in [6, 6.07) is 0. The number of methoxy groups -OCH3 is 1. The molecule has 0 radical (unpaired) electrons. The van der Waals surface area contributed by atoms with Crippen LogP contribution < -0.4 is 0 Å². The zero-order valence-electron chi connectivity index (χ0n) is 17.3. The number of rotatable bonds is 4. The lowest BCUT2D eigenvalue weighted by Crippen LogP contribution is -2.56. The maximum Gasteiger partial charge on any atom is 0.142 e. The van der Waals surface area contributed by atoms with Crippen LogP contribution in [0.4, 0.5) is 0 Å². The van der Waals surface area contributed by atoms with E-state index < -0.39 is 11.5 Å². The van der Waals surface area contributed by atoms with Crippen LogP contribution in [0.5, 0.6) is 0 Å². The lowest BCUT2D eigenvalue weighted by molar-refractivity contribution is -0.160. The van der Waals surface area contributed by atoms with E-state index in [0.29, 0.717) is 37.0 Å². The molecular formula is C22H33N3O3. The molecule has 0 saturated heterocycles. The molecule has 28 heavy (non-hydrogen) atoms. The number of aryl methyl sites for hydroxylation is 1. The number of aliphatic hydroxyl groups excluding tert-OH is 1. The summed E-state index contributed by atoms with van der Waals surface area (Å²) in [5, 5.41) is 19.5. The van der Waals surface area contributed by atoms with Crippen molar-refractivity contribution in [1.82, 2.24) is 15.0 Å². The first-order valence-corrected chi connectivity index (χ1v) is 11.0. The lowest BCUT2D eigenvalue weighted by atomic mass is 9.50. The predicted molar refractivity (Wildman–Crippen MR) is 103 cm³/mol. The molecule has 8 atom stereocenters. The average molecular weight is 388 g/mol. The molecule has 1 N–H and O–H groups in total. The normalized spacial score (nSPS) is 49.9. The number of aliphatic hydroxyl groups is 1. The molecule has 1 spiro atoms.